The zero-order valence-corrected chi connectivity index (χ0v) is 6.44. The van der Waals surface area contributed by atoms with Crippen molar-refractivity contribution in [2.24, 2.45) is 0 Å². The number of nitrogens with one attached hydrogen (secondary N) is 1. The molecule has 3 N–H and O–H groups in total. The Hall–Kier alpha value is -1.29. The van der Waals surface area contributed by atoms with Crippen LogP contribution in [0.4, 0.5) is 5.69 Å². The van der Waals surface area contributed by atoms with Crippen LogP contribution in [0.1, 0.15) is 0 Å². The summed E-state index contributed by atoms with van der Waals surface area (Å²) < 4.78 is 5.13. The first-order valence-corrected chi connectivity index (χ1v) is 3.55. The molecule has 0 aliphatic rings. The number of nitrogens with two attached hydrogens (primary N) is 1. The van der Waals surface area contributed by atoms with Gasteiger partial charge in [0.25, 0.3) is 4.84 Å². The lowest BCUT2D eigenvalue weighted by atomic mass is 10.3. The Morgan fingerprint density at radius 2 is 2.27 bits per heavy atom. The summed E-state index contributed by atoms with van der Waals surface area (Å²) in [6.07, 6.45) is 0. The van der Waals surface area contributed by atoms with Crippen molar-refractivity contribution in [3.63, 3.8) is 0 Å². The highest BCUT2D eigenvalue weighted by Gasteiger charge is 2.00. The molecule has 0 aliphatic carbocycles. The van der Waals surface area contributed by atoms with E-state index in [2.05, 4.69) is 4.98 Å². The molecule has 1 heterocycles. The number of aromatic amines is 1. The van der Waals surface area contributed by atoms with Gasteiger partial charge in [0.1, 0.15) is 0 Å². The lowest BCUT2D eigenvalue weighted by Gasteiger charge is -1.89. The van der Waals surface area contributed by atoms with Crippen molar-refractivity contribution < 1.29 is 4.42 Å². The average molecular weight is 166 g/mol. The van der Waals surface area contributed by atoms with Gasteiger partial charge in [0, 0.05) is 0 Å². The Labute approximate surface area is 67.8 Å². The molecule has 0 saturated carbocycles. The van der Waals surface area contributed by atoms with E-state index in [1.807, 2.05) is 12.1 Å². The summed E-state index contributed by atoms with van der Waals surface area (Å²) in [7, 11) is 0. The lowest BCUT2D eigenvalue weighted by Crippen LogP contribution is -1.82. The SMILES string of the molecule is Nc1cccc2[nH]c(=S)oc12. The minimum atomic E-state index is 0.359. The minimum absolute atomic E-state index is 0.359. The van der Waals surface area contributed by atoms with E-state index < -0.39 is 0 Å². The van der Waals surface area contributed by atoms with Crippen LogP contribution in [0, 0.1) is 4.84 Å². The monoisotopic (exact) mass is 166 g/mol. The van der Waals surface area contributed by atoms with Gasteiger partial charge in [0.15, 0.2) is 5.58 Å². The highest BCUT2D eigenvalue weighted by Crippen LogP contribution is 2.19. The molecular weight excluding hydrogens is 160 g/mol. The fourth-order valence-electron chi connectivity index (χ4n) is 0.995. The molecule has 0 atom stereocenters. The van der Waals surface area contributed by atoms with Gasteiger partial charge in [-0.15, -0.1) is 0 Å². The second-order valence-electron chi connectivity index (χ2n) is 2.24. The van der Waals surface area contributed by atoms with Crippen LogP contribution in [0.25, 0.3) is 11.1 Å². The third-order valence-corrected chi connectivity index (χ3v) is 1.66. The van der Waals surface area contributed by atoms with E-state index in [0.717, 1.165) is 5.52 Å². The van der Waals surface area contributed by atoms with E-state index in [4.69, 9.17) is 22.4 Å². The molecule has 0 aliphatic heterocycles. The number of fused-ring (bicyclic) bond motifs is 1. The first-order chi connectivity index (χ1) is 5.27. The normalized spacial score (nSPS) is 10.5. The maximum absolute atomic E-state index is 5.61. The van der Waals surface area contributed by atoms with Gasteiger partial charge in [0.05, 0.1) is 11.2 Å². The minimum Gasteiger partial charge on any atom is -0.427 e. The standard InChI is InChI=1S/C7H6N2OS/c8-4-2-1-3-5-6(4)10-7(11)9-5/h1-3H,8H2,(H,9,11). The van der Waals surface area contributed by atoms with Crippen LogP contribution in [0.3, 0.4) is 0 Å². The lowest BCUT2D eigenvalue weighted by molar-refractivity contribution is 0.584. The van der Waals surface area contributed by atoms with E-state index in [-0.39, 0.29) is 0 Å². The van der Waals surface area contributed by atoms with Crippen LogP contribution in [-0.4, -0.2) is 4.98 Å². The van der Waals surface area contributed by atoms with Crippen LogP contribution in [-0.2, 0) is 0 Å². The summed E-state index contributed by atoms with van der Waals surface area (Å²) in [4.78, 5) is 3.23. The van der Waals surface area contributed by atoms with Gasteiger partial charge in [-0.25, -0.2) is 0 Å². The molecule has 0 saturated heterocycles. The van der Waals surface area contributed by atoms with Crippen molar-refractivity contribution >= 4 is 29.0 Å². The van der Waals surface area contributed by atoms with Gasteiger partial charge in [-0.1, -0.05) is 6.07 Å². The van der Waals surface area contributed by atoms with E-state index in [0.29, 0.717) is 16.1 Å². The number of para-hydroxylation sites is 1. The number of aromatic nitrogens is 1. The summed E-state index contributed by atoms with van der Waals surface area (Å²) in [5.74, 6) is 0. The number of hydrogen-bond donors (Lipinski definition) is 2. The van der Waals surface area contributed by atoms with Crippen LogP contribution in [0.2, 0.25) is 0 Å². The summed E-state index contributed by atoms with van der Waals surface area (Å²) >= 11 is 4.79. The first-order valence-electron chi connectivity index (χ1n) is 3.15. The Bertz CT molecular complexity index is 443. The molecule has 0 amide bonds. The summed E-state index contributed by atoms with van der Waals surface area (Å²) in [6, 6.07) is 5.48. The molecule has 2 rings (SSSR count). The zero-order valence-electron chi connectivity index (χ0n) is 5.63. The molecule has 3 nitrogen and oxygen atoms in total. The highest BCUT2D eigenvalue weighted by atomic mass is 32.1. The molecule has 0 spiro atoms. The van der Waals surface area contributed by atoms with Gasteiger partial charge in [-0.2, -0.15) is 0 Å². The molecule has 1 aromatic heterocycles. The fraction of sp³-hybridized carbons (Fsp3) is 0. The Balaban J connectivity index is 3.01. The number of nitrogen functional groups attached to an aromatic ring is 1. The van der Waals surface area contributed by atoms with E-state index in [1.165, 1.54) is 0 Å². The maximum Gasteiger partial charge on any atom is 0.266 e. The average Bonchev–Trinajstić information content (AvgIpc) is 2.31. The molecule has 0 unspecified atom stereocenters. The number of benzene rings is 1. The van der Waals surface area contributed by atoms with Crippen LogP contribution in [0.5, 0.6) is 0 Å². The van der Waals surface area contributed by atoms with E-state index in [1.54, 1.807) is 6.07 Å². The predicted octanol–water partition coefficient (Wildman–Crippen LogP) is 2.07. The number of anilines is 1. The smallest absolute Gasteiger partial charge is 0.266 e. The van der Waals surface area contributed by atoms with Crippen molar-refractivity contribution in [2.45, 2.75) is 0 Å². The molecular formula is C7H6N2OS. The number of hydrogen-bond acceptors (Lipinski definition) is 3. The number of oxazole rings is 1. The van der Waals surface area contributed by atoms with Crippen molar-refractivity contribution in [3.8, 4) is 0 Å². The molecule has 1 aromatic carbocycles. The molecule has 2 aromatic rings. The topological polar surface area (TPSA) is 55.0 Å². The van der Waals surface area contributed by atoms with Crippen LogP contribution >= 0.6 is 12.2 Å². The molecule has 0 fully saturated rings. The van der Waals surface area contributed by atoms with Gasteiger partial charge >= 0.3 is 0 Å². The third kappa shape index (κ3) is 0.914. The Kier molecular flexibility index (Phi) is 1.22. The first kappa shape index (κ1) is 6.42. The molecule has 0 radical (unpaired) electrons. The zero-order chi connectivity index (χ0) is 7.84. The summed E-state index contributed by atoms with van der Waals surface area (Å²) in [5.41, 5.74) is 7.70. The Morgan fingerprint density at radius 3 is 3.00 bits per heavy atom. The molecule has 0 bridgehead atoms. The summed E-state index contributed by atoms with van der Waals surface area (Å²) in [5, 5.41) is 0. The second kappa shape index (κ2) is 2.10. The quantitative estimate of drug-likeness (QED) is 0.465. The maximum atomic E-state index is 5.61. The molecule has 56 valence electrons. The Morgan fingerprint density at radius 1 is 1.45 bits per heavy atom. The van der Waals surface area contributed by atoms with Gasteiger partial charge in [-0.3, -0.25) is 0 Å². The predicted molar refractivity (Wildman–Crippen MR) is 45.8 cm³/mol. The number of H-pyrrole nitrogens is 1. The van der Waals surface area contributed by atoms with Crippen molar-refractivity contribution in [3.05, 3.63) is 23.0 Å². The fourth-order valence-corrected chi connectivity index (χ4v) is 1.19. The van der Waals surface area contributed by atoms with Crippen molar-refractivity contribution in [2.75, 3.05) is 5.73 Å². The highest BCUT2D eigenvalue weighted by molar-refractivity contribution is 7.71. The largest absolute Gasteiger partial charge is 0.427 e. The van der Waals surface area contributed by atoms with Crippen molar-refractivity contribution in [1.29, 1.82) is 0 Å². The van der Waals surface area contributed by atoms with E-state index in [9.17, 15) is 0 Å². The third-order valence-electron chi connectivity index (χ3n) is 1.48. The molecule has 4 heteroatoms. The van der Waals surface area contributed by atoms with Crippen LogP contribution < -0.4 is 5.73 Å². The van der Waals surface area contributed by atoms with Gasteiger partial charge < -0.3 is 15.1 Å². The van der Waals surface area contributed by atoms with Crippen molar-refractivity contribution in [1.82, 2.24) is 4.98 Å². The number of rotatable bonds is 0. The van der Waals surface area contributed by atoms with Gasteiger partial charge in [0.2, 0.25) is 0 Å². The summed E-state index contributed by atoms with van der Waals surface area (Å²) in [6.45, 7) is 0. The van der Waals surface area contributed by atoms with Crippen LogP contribution in [0.15, 0.2) is 22.6 Å². The second-order valence-corrected chi connectivity index (χ2v) is 2.61. The van der Waals surface area contributed by atoms with Gasteiger partial charge in [-0.05, 0) is 24.4 Å². The van der Waals surface area contributed by atoms with E-state index >= 15 is 0 Å². The molecule has 11 heavy (non-hydrogen) atoms.